The van der Waals surface area contributed by atoms with Crippen molar-refractivity contribution < 1.29 is 19.1 Å². The van der Waals surface area contributed by atoms with Crippen LogP contribution in [-0.4, -0.2) is 32.9 Å². The number of furan rings is 1. The SMILES string of the molecule is O=C(O)c1cc(C(=O)N(Cc2ccco2)C2CC2)ccn1. The van der Waals surface area contributed by atoms with E-state index in [1.54, 1.807) is 17.2 Å². The van der Waals surface area contributed by atoms with Crippen LogP contribution in [0.4, 0.5) is 0 Å². The Hall–Kier alpha value is -2.63. The van der Waals surface area contributed by atoms with Gasteiger partial charge in [-0.2, -0.15) is 0 Å². The van der Waals surface area contributed by atoms with Crippen molar-refractivity contribution in [1.82, 2.24) is 9.88 Å². The van der Waals surface area contributed by atoms with Gasteiger partial charge in [0.25, 0.3) is 5.91 Å². The van der Waals surface area contributed by atoms with Gasteiger partial charge in [0.05, 0.1) is 12.8 Å². The number of pyridine rings is 1. The maximum atomic E-state index is 12.6. The first-order valence-corrected chi connectivity index (χ1v) is 6.68. The van der Waals surface area contributed by atoms with Gasteiger partial charge in [-0.1, -0.05) is 0 Å². The molecule has 0 aliphatic heterocycles. The predicted molar refractivity (Wildman–Crippen MR) is 72.8 cm³/mol. The molecule has 2 heterocycles. The van der Waals surface area contributed by atoms with Gasteiger partial charge < -0.3 is 14.4 Å². The van der Waals surface area contributed by atoms with E-state index < -0.39 is 5.97 Å². The van der Waals surface area contributed by atoms with Crippen molar-refractivity contribution in [3.05, 3.63) is 53.7 Å². The molecule has 3 rings (SSSR count). The lowest BCUT2D eigenvalue weighted by molar-refractivity contribution is 0.0690. The van der Waals surface area contributed by atoms with Crippen molar-refractivity contribution in [2.75, 3.05) is 0 Å². The molecule has 1 aliphatic carbocycles. The van der Waals surface area contributed by atoms with Crippen LogP contribution in [0.2, 0.25) is 0 Å². The lowest BCUT2D eigenvalue weighted by Gasteiger charge is -2.21. The van der Waals surface area contributed by atoms with Gasteiger partial charge in [0.15, 0.2) is 0 Å². The molecular formula is C15H14N2O4. The topological polar surface area (TPSA) is 83.6 Å². The Morgan fingerprint density at radius 3 is 2.81 bits per heavy atom. The van der Waals surface area contributed by atoms with Crippen LogP contribution >= 0.6 is 0 Å². The molecular weight excluding hydrogens is 272 g/mol. The summed E-state index contributed by atoms with van der Waals surface area (Å²) >= 11 is 0. The van der Waals surface area contributed by atoms with E-state index in [1.165, 1.54) is 18.3 Å². The maximum Gasteiger partial charge on any atom is 0.354 e. The van der Waals surface area contributed by atoms with Crippen molar-refractivity contribution in [2.24, 2.45) is 0 Å². The van der Waals surface area contributed by atoms with E-state index in [9.17, 15) is 9.59 Å². The van der Waals surface area contributed by atoms with Crippen LogP contribution in [0.5, 0.6) is 0 Å². The number of carbonyl (C=O) groups excluding carboxylic acids is 1. The van der Waals surface area contributed by atoms with E-state index >= 15 is 0 Å². The third-order valence-corrected chi connectivity index (χ3v) is 3.38. The zero-order valence-electron chi connectivity index (χ0n) is 11.2. The molecule has 0 saturated heterocycles. The average molecular weight is 286 g/mol. The quantitative estimate of drug-likeness (QED) is 0.910. The van der Waals surface area contributed by atoms with Crippen LogP contribution in [0.15, 0.2) is 41.1 Å². The maximum absolute atomic E-state index is 12.6. The molecule has 1 amide bonds. The first kappa shape index (κ1) is 13.4. The number of aromatic nitrogens is 1. The third-order valence-electron chi connectivity index (χ3n) is 3.38. The molecule has 6 heteroatoms. The molecule has 21 heavy (non-hydrogen) atoms. The van der Waals surface area contributed by atoms with E-state index in [0.717, 1.165) is 12.8 Å². The third kappa shape index (κ3) is 2.94. The molecule has 1 N–H and O–H groups in total. The van der Waals surface area contributed by atoms with E-state index in [1.807, 2.05) is 6.07 Å². The molecule has 1 aliphatic rings. The van der Waals surface area contributed by atoms with Gasteiger partial charge in [-0.05, 0) is 37.1 Å². The summed E-state index contributed by atoms with van der Waals surface area (Å²) in [5.74, 6) is -0.629. The molecule has 1 fully saturated rings. The molecule has 2 aromatic rings. The first-order chi connectivity index (χ1) is 10.1. The molecule has 6 nitrogen and oxygen atoms in total. The number of carboxylic acids is 1. The number of amides is 1. The summed E-state index contributed by atoms with van der Waals surface area (Å²) in [5.41, 5.74) is 0.204. The van der Waals surface area contributed by atoms with Crippen molar-refractivity contribution in [3.63, 3.8) is 0 Å². The highest BCUT2D eigenvalue weighted by Gasteiger charge is 2.33. The van der Waals surface area contributed by atoms with Crippen LogP contribution in [0, 0.1) is 0 Å². The summed E-state index contributed by atoms with van der Waals surface area (Å²) in [7, 11) is 0. The number of rotatable bonds is 5. The lowest BCUT2D eigenvalue weighted by atomic mass is 10.2. The molecule has 0 radical (unpaired) electrons. The van der Waals surface area contributed by atoms with Gasteiger partial charge in [-0.3, -0.25) is 4.79 Å². The van der Waals surface area contributed by atoms with Crippen LogP contribution in [0.3, 0.4) is 0 Å². The normalized spacial score (nSPS) is 13.9. The van der Waals surface area contributed by atoms with E-state index in [4.69, 9.17) is 9.52 Å². The molecule has 0 spiro atoms. The smallest absolute Gasteiger partial charge is 0.354 e. The van der Waals surface area contributed by atoms with Crippen molar-refractivity contribution >= 4 is 11.9 Å². The van der Waals surface area contributed by atoms with Crippen LogP contribution in [0.25, 0.3) is 0 Å². The summed E-state index contributed by atoms with van der Waals surface area (Å²) in [5, 5.41) is 8.96. The van der Waals surface area contributed by atoms with Gasteiger partial charge in [-0.15, -0.1) is 0 Å². The van der Waals surface area contributed by atoms with Gasteiger partial charge in [0.1, 0.15) is 11.5 Å². The molecule has 0 atom stereocenters. The minimum Gasteiger partial charge on any atom is -0.477 e. The van der Waals surface area contributed by atoms with Crippen molar-refractivity contribution in [3.8, 4) is 0 Å². The van der Waals surface area contributed by atoms with Gasteiger partial charge in [0.2, 0.25) is 0 Å². The molecule has 1 saturated carbocycles. The fourth-order valence-electron chi connectivity index (χ4n) is 2.17. The van der Waals surface area contributed by atoms with E-state index in [0.29, 0.717) is 17.9 Å². The second-order valence-corrected chi connectivity index (χ2v) is 4.98. The predicted octanol–water partition coefficient (Wildman–Crippen LogP) is 2.18. The van der Waals surface area contributed by atoms with Crippen LogP contribution in [0.1, 0.15) is 39.4 Å². The number of carbonyl (C=O) groups is 2. The molecule has 108 valence electrons. The monoisotopic (exact) mass is 286 g/mol. The van der Waals surface area contributed by atoms with Gasteiger partial charge in [-0.25, -0.2) is 9.78 Å². The number of hydrogen-bond donors (Lipinski definition) is 1. The highest BCUT2D eigenvalue weighted by Crippen LogP contribution is 2.30. The highest BCUT2D eigenvalue weighted by atomic mass is 16.4. The summed E-state index contributed by atoms with van der Waals surface area (Å²) in [6, 6.07) is 6.63. The Bertz CT molecular complexity index is 662. The summed E-state index contributed by atoms with van der Waals surface area (Å²) < 4.78 is 5.29. The second-order valence-electron chi connectivity index (χ2n) is 4.98. The first-order valence-electron chi connectivity index (χ1n) is 6.68. The van der Waals surface area contributed by atoms with Crippen LogP contribution < -0.4 is 0 Å². The highest BCUT2D eigenvalue weighted by molar-refractivity contribution is 5.96. The number of aromatic carboxylic acids is 1. The molecule has 2 aromatic heterocycles. The molecule has 0 unspecified atom stereocenters. The Balaban J connectivity index is 1.84. The largest absolute Gasteiger partial charge is 0.477 e. The summed E-state index contributed by atoms with van der Waals surface area (Å²) in [4.78, 5) is 29.0. The Morgan fingerprint density at radius 1 is 1.38 bits per heavy atom. The molecule has 0 bridgehead atoms. The number of nitrogens with zero attached hydrogens (tertiary/aromatic N) is 2. The fourth-order valence-corrected chi connectivity index (χ4v) is 2.17. The minimum atomic E-state index is -1.14. The second kappa shape index (κ2) is 5.40. The van der Waals surface area contributed by atoms with Crippen LogP contribution in [-0.2, 0) is 6.54 Å². The summed E-state index contributed by atoms with van der Waals surface area (Å²) in [6.45, 7) is 0.390. The van der Waals surface area contributed by atoms with Crippen molar-refractivity contribution in [1.29, 1.82) is 0 Å². The standard InChI is InChI=1S/C15H14N2O4/c18-14(10-5-6-16-13(8-10)15(19)20)17(11-3-4-11)9-12-2-1-7-21-12/h1-2,5-8,11H,3-4,9H2,(H,19,20). The van der Waals surface area contributed by atoms with Crippen molar-refractivity contribution in [2.45, 2.75) is 25.4 Å². The lowest BCUT2D eigenvalue weighted by Crippen LogP contribution is -2.32. The zero-order valence-corrected chi connectivity index (χ0v) is 11.2. The van der Waals surface area contributed by atoms with Gasteiger partial charge >= 0.3 is 5.97 Å². The number of hydrogen-bond acceptors (Lipinski definition) is 4. The number of carboxylic acid groups (broad SMARTS) is 1. The zero-order chi connectivity index (χ0) is 14.8. The van der Waals surface area contributed by atoms with E-state index in [-0.39, 0.29) is 17.6 Å². The Morgan fingerprint density at radius 2 is 2.19 bits per heavy atom. The Labute approximate surface area is 121 Å². The summed E-state index contributed by atoms with van der Waals surface area (Å²) in [6.07, 6.45) is 4.83. The Kier molecular flexibility index (Phi) is 3.43. The van der Waals surface area contributed by atoms with E-state index in [2.05, 4.69) is 4.98 Å². The fraction of sp³-hybridized carbons (Fsp3) is 0.267. The average Bonchev–Trinajstić information content (AvgIpc) is 3.20. The van der Waals surface area contributed by atoms with Gasteiger partial charge in [0, 0.05) is 17.8 Å². The minimum absolute atomic E-state index is 0.130. The molecule has 0 aromatic carbocycles.